The maximum Gasteiger partial charge on any atom is 0.241 e. The third-order valence-electron chi connectivity index (χ3n) is 4.67. The van der Waals surface area contributed by atoms with E-state index >= 15 is 0 Å². The number of halogens is 1. The summed E-state index contributed by atoms with van der Waals surface area (Å²) in [6.45, 7) is 6.57. The van der Waals surface area contributed by atoms with Crippen LogP contribution in [0, 0.1) is 0 Å². The monoisotopic (exact) mass is 357 g/mol. The number of carbonyl (C=O) groups is 1. The number of piperazine rings is 1. The van der Waals surface area contributed by atoms with Crippen molar-refractivity contribution >= 4 is 23.2 Å². The molecule has 1 atom stereocenters. The average Bonchev–Trinajstić information content (AvgIpc) is 2.62. The van der Waals surface area contributed by atoms with Gasteiger partial charge in [-0.3, -0.25) is 14.6 Å². The van der Waals surface area contributed by atoms with Gasteiger partial charge < -0.3 is 5.32 Å². The van der Waals surface area contributed by atoms with Crippen molar-refractivity contribution in [1.29, 1.82) is 0 Å². The fraction of sp³-hybridized carbons (Fsp3) is 0.350. The Kier molecular flexibility index (Phi) is 6.08. The van der Waals surface area contributed by atoms with Gasteiger partial charge in [-0.05, 0) is 36.8 Å². The molecule has 0 saturated carbocycles. The highest BCUT2D eigenvalue weighted by Crippen LogP contribution is 2.15. The molecule has 2 aromatic rings. The molecule has 1 N–H and O–H groups in total. The van der Waals surface area contributed by atoms with E-state index in [4.69, 9.17) is 11.6 Å². The minimum absolute atomic E-state index is 0.0505. The van der Waals surface area contributed by atoms with Crippen LogP contribution in [0.25, 0.3) is 0 Å². The van der Waals surface area contributed by atoms with Crippen LogP contribution in [0.15, 0.2) is 54.6 Å². The summed E-state index contributed by atoms with van der Waals surface area (Å²) in [6, 6.07) is 17.5. The SMILES string of the molecule is C[C@H](C(=O)Nc1ccccc1)N1CCN(Cc2cccc(Cl)c2)CC1. The maximum absolute atomic E-state index is 12.4. The van der Waals surface area contributed by atoms with Crippen molar-refractivity contribution in [2.45, 2.75) is 19.5 Å². The molecule has 0 unspecified atom stereocenters. The second-order valence-electron chi connectivity index (χ2n) is 6.47. The zero-order valence-corrected chi connectivity index (χ0v) is 15.2. The highest BCUT2D eigenvalue weighted by atomic mass is 35.5. The van der Waals surface area contributed by atoms with Crippen molar-refractivity contribution in [3.8, 4) is 0 Å². The van der Waals surface area contributed by atoms with E-state index in [1.807, 2.05) is 55.5 Å². The van der Waals surface area contributed by atoms with E-state index in [0.717, 1.165) is 43.4 Å². The van der Waals surface area contributed by atoms with Crippen LogP contribution in [0.1, 0.15) is 12.5 Å². The summed E-state index contributed by atoms with van der Waals surface area (Å²) >= 11 is 6.06. The topological polar surface area (TPSA) is 35.6 Å². The molecule has 0 spiro atoms. The Balaban J connectivity index is 1.48. The molecule has 0 radical (unpaired) electrons. The normalized spacial score (nSPS) is 17.2. The van der Waals surface area contributed by atoms with E-state index < -0.39 is 0 Å². The average molecular weight is 358 g/mol. The number of anilines is 1. The van der Waals surface area contributed by atoms with Crippen LogP contribution in [0.2, 0.25) is 5.02 Å². The fourth-order valence-corrected chi connectivity index (χ4v) is 3.35. The molecule has 5 heteroatoms. The van der Waals surface area contributed by atoms with E-state index in [1.165, 1.54) is 5.56 Å². The third kappa shape index (κ3) is 5.05. The number of nitrogens with zero attached hydrogens (tertiary/aromatic N) is 2. The van der Waals surface area contributed by atoms with Crippen LogP contribution in [0.5, 0.6) is 0 Å². The first-order valence-electron chi connectivity index (χ1n) is 8.68. The second-order valence-corrected chi connectivity index (χ2v) is 6.91. The van der Waals surface area contributed by atoms with Crippen molar-refractivity contribution in [3.63, 3.8) is 0 Å². The predicted molar refractivity (Wildman–Crippen MR) is 103 cm³/mol. The van der Waals surface area contributed by atoms with Crippen molar-refractivity contribution in [2.24, 2.45) is 0 Å². The van der Waals surface area contributed by atoms with Gasteiger partial charge in [0.15, 0.2) is 0 Å². The molecular weight excluding hydrogens is 334 g/mol. The van der Waals surface area contributed by atoms with E-state index in [0.29, 0.717) is 0 Å². The van der Waals surface area contributed by atoms with Gasteiger partial charge >= 0.3 is 0 Å². The van der Waals surface area contributed by atoms with Crippen molar-refractivity contribution in [1.82, 2.24) is 9.80 Å². The molecule has 1 heterocycles. The number of hydrogen-bond donors (Lipinski definition) is 1. The highest BCUT2D eigenvalue weighted by molar-refractivity contribution is 6.30. The number of nitrogens with one attached hydrogen (secondary N) is 1. The predicted octanol–water partition coefficient (Wildman–Crippen LogP) is 3.48. The van der Waals surface area contributed by atoms with Gasteiger partial charge in [-0.25, -0.2) is 0 Å². The van der Waals surface area contributed by atoms with Gasteiger partial charge in [0.1, 0.15) is 0 Å². The molecule has 132 valence electrons. The van der Waals surface area contributed by atoms with Gasteiger partial charge in [0.2, 0.25) is 5.91 Å². The molecule has 1 saturated heterocycles. The van der Waals surface area contributed by atoms with Crippen LogP contribution in [0.3, 0.4) is 0 Å². The van der Waals surface area contributed by atoms with Crippen molar-refractivity contribution in [3.05, 3.63) is 65.2 Å². The number of amides is 1. The standard InChI is InChI=1S/C20H24ClN3O/c1-16(20(25)22-19-8-3-2-4-9-19)24-12-10-23(11-13-24)15-17-6-5-7-18(21)14-17/h2-9,14,16H,10-13,15H2,1H3,(H,22,25)/t16-/m1/s1. The Morgan fingerprint density at radius 1 is 1.08 bits per heavy atom. The zero-order chi connectivity index (χ0) is 17.6. The molecule has 1 aliphatic heterocycles. The van der Waals surface area contributed by atoms with E-state index in [1.54, 1.807) is 0 Å². The van der Waals surface area contributed by atoms with Gasteiger partial charge in [-0.1, -0.05) is 41.9 Å². The van der Waals surface area contributed by atoms with Gasteiger partial charge in [-0.2, -0.15) is 0 Å². The van der Waals surface area contributed by atoms with Crippen LogP contribution in [-0.2, 0) is 11.3 Å². The summed E-state index contributed by atoms with van der Waals surface area (Å²) in [6.07, 6.45) is 0. The number of carbonyl (C=O) groups excluding carboxylic acids is 1. The molecule has 25 heavy (non-hydrogen) atoms. The van der Waals surface area contributed by atoms with Crippen molar-refractivity contribution in [2.75, 3.05) is 31.5 Å². The molecule has 3 rings (SSSR count). The van der Waals surface area contributed by atoms with Gasteiger partial charge in [0.25, 0.3) is 0 Å². The lowest BCUT2D eigenvalue weighted by Crippen LogP contribution is -2.52. The Hall–Kier alpha value is -1.88. The van der Waals surface area contributed by atoms with Gasteiger partial charge in [0, 0.05) is 43.4 Å². The Morgan fingerprint density at radius 3 is 2.48 bits per heavy atom. The van der Waals surface area contributed by atoms with E-state index in [9.17, 15) is 4.79 Å². The smallest absolute Gasteiger partial charge is 0.241 e. The molecule has 1 aliphatic rings. The Labute approximate surface area is 154 Å². The third-order valence-corrected chi connectivity index (χ3v) is 4.91. The number of benzene rings is 2. The van der Waals surface area contributed by atoms with Crippen molar-refractivity contribution < 1.29 is 4.79 Å². The van der Waals surface area contributed by atoms with Crippen LogP contribution >= 0.6 is 11.6 Å². The summed E-state index contributed by atoms with van der Waals surface area (Å²) in [7, 11) is 0. The summed E-state index contributed by atoms with van der Waals surface area (Å²) < 4.78 is 0. The fourth-order valence-electron chi connectivity index (χ4n) is 3.14. The second kappa shape index (κ2) is 8.48. The van der Waals surface area contributed by atoms with E-state index in [2.05, 4.69) is 21.2 Å². The molecule has 0 aliphatic carbocycles. The molecule has 0 bridgehead atoms. The lowest BCUT2D eigenvalue weighted by Gasteiger charge is -2.37. The van der Waals surface area contributed by atoms with Gasteiger partial charge in [-0.15, -0.1) is 0 Å². The highest BCUT2D eigenvalue weighted by Gasteiger charge is 2.25. The molecular formula is C20H24ClN3O. The summed E-state index contributed by atoms with van der Waals surface area (Å²) in [5, 5.41) is 3.77. The van der Waals surface area contributed by atoms with Gasteiger partial charge in [0.05, 0.1) is 6.04 Å². The first-order valence-corrected chi connectivity index (χ1v) is 9.06. The first-order chi connectivity index (χ1) is 12.1. The van der Waals surface area contributed by atoms with Crippen LogP contribution in [-0.4, -0.2) is 47.9 Å². The largest absolute Gasteiger partial charge is 0.325 e. The number of para-hydroxylation sites is 1. The van der Waals surface area contributed by atoms with E-state index in [-0.39, 0.29) is 11.9 Å². The number of hydrogen-bond acceptors (Lipinski definition) is 3. The molecule has 1 amide bonds. The minimum Gasteiger partial charge on any atom is -0.325 e. The number of rotatable bonds is 5. The molecule has 1 fully saturated rings. The molecule has 0 aromatic heterocycles. The molecule has 2 aromatic carbocycles. The van der Waals surface area contributed by atoms with Crippen LogP contribution < -0.4 is 5.32 Å². The van der Waals surface area contributed by atoms with Crippen LogP contribution in [0.4, 0.5) is 5.69 Å². The minimum atomic E-state index is -0.131. The Morgan fingerprint density at radius 2 is 1.80 bits per heavy atom. The maximum atomic E-state index is 12.4. The first kappa shape index (κ1) is 17.9. The summed E-state index contributed by atoms with van der Waals surface area (Å²) in [4.78, 5) is 17.1. The Bertz CT molecular complexity index is 699. The lowest BCUT2D eigenvalue weighted by molar-refractivity contribution is -0.121. The summed E-state index contributed by atoms with van der Waals surface area (Å²) in [5.41, 5.74) is 2.08. The quantitative estimate of drug-likeness (QED) is 0.889. The summed E-state index contributed by atoms with van der Waals surface area (Å²) in [5.74, 6) is 0.0505. The zero-order valence-electron chi connectivity index (χ0n) is 14.5. The lowest BCUT2D eigenvalue weighted by atomic mass is 10.1. The molecule has 4 nitrogen and oxygen atoms in total.